The summed E-state index contributed by atoms with van der Waals surface area (Å²) < 4.78 is 5.35. The molecule has 1 atom stereocenters. The molecule has 2 heteroatoms. The minimum absolute atomic E-state index is 0.685. The Morgan fingerprint density at radius 1 is 1.27 bits per heavy atom. The van der Waals surface area contributed by atoms with Gasteiger partial charge in [0.15, 0.2) is 0 Å². The first kappa shape index (κ1) is 10.9. The van der Waals surface area contributed by atoms with Crippen LogP contribution in [0.25, 0.3) is 0 Å². The molecule has 0 amide bonds. The van der Waals surface area contributed by atoms with Crippen LogP contribution in [0.15, 0.2) is 0 Å². The van der Waals surface area contributed by atoms with Crippen LogP contribution in [0.3, 0.4) is 0 Å². The second kappa shape index (κ2) is 8.02. The third-order valence-electron chi connectivity index (χ3n) is 1.83. The molecule has 0 radical (unpaired) electrons. The third-order valence-corrected chi connectivity index (χ3v) is 1.83. The number of hydrogen-bond donors (Lipinski definition) is 1. The second-order valence-corrected chi connectivity index (χ2v) is 2.89. The molecule has 0 aromatic rings. The molecule has 0 aliphatic heterocycles. The SMILES string of the molecule is CCCC(CCN)COCC. The molecule has 0 aromatic heterocycles. The average molecular weight is 159 g/mol. The molecule has 1 unspecified atom stereocenters. The van der Waals surface area contributed by atoms with E-state index in [0.717, 1.165) is 26.2 Å². The van der Waals surface area contributed by atoms with Crippen LogP contribution >= 0.6 is 0 Å². The van der Waals surface area contributed by atoms with Gasteiger partial charge in [-0.05, 0) is 32.2 Å². The van der Waals surface area contributed by atoms with Crippen LogP contribution in [-0.4, -0.2) is 19.8 Å². The molecular weight excluding hydrogens is 138 g/mol. The Bertz CT molecular complexity index is 70.0. The Hall–Kier alpha value is -0.0800. The molecule has 2 N–H and O–H groups in total. The largest absolute Gasteiger partial charge is 0.381 e. The zero-order valence-electron chi connectivity index (χ0n) is 7.81. The highest BCUT2D eigenvalue weighted by atomic mass is 16.5. The van der Waals surface area contributed by atoms with E-state index in [1.54, 1.807) is 0 Å². The van der Waals surface area contributed by atoms with Gasteiger partial charge in [-0.3, -0.25) is 0 Å². The number of nitrogens with two attached hydrogens (primary N) is 1. The lowest BCUT2D eigenvalue weighted by atomic mass is 10.0. The van der Waals surface area contributed by atoms with Gasteiger partial charge < -0.3 is 10.5 Å². The van der Waals surface area contributed by atoms with Crippen molar-refractivity contribution in [3.63, 3.8) is 0 Å². The zero-order valence-corrected chi connectivity index (χ0v) is 7.81. The normalized spacial score (nSPS) is 13.4. The number of rotatable bonds is 7. The lowest BCUT2D eigenvalue weighted by molar-refractivity contribution is 0.104. The van der Waals surface area contributed by atoms with E-state index in [9.17, 15) is 0 Å². The van der Waals surface area contributed by atoms with Crippen LogP contribution in [0.5, 0.6) is 0 Å². The van der Waals surface area contributed by atoms with E-state index < -0.39 is 0 Å². The maximum absolute atomic E-state index is 5.48. The smallest absolute Gasteiger partial charge is 0.0494 e. The summed E-state index contributed by atoms with van der Waals surface area (Å²) in [5.74, 6) is 0.685. The van der Waals surface area contributed by atoms with Gasteiger partial charge >= 0.3 is 0 Å². The van der Waals surface area contributed by atoms with E-state index in [0.29, 0.717) is 5.92 Å². The minimum atomic E-state index is 0.685. The summed E-state index contributed by atoms with van der Waals surface area (Å²) in [6.45, 7) is 6.74. The molecule has 0 rings (SSSR count). The summed E-state index contributed by atoms with van der Waals surface area (Å²) >= 11 is 0. The van der Waals surface area contributed by atoms with E-state index in [1.165, 1.54) is 12.8 Å². The van der Waals surface area contributed by atoms with Gasteiger partial charge in [0.25, 0.3) is 0 Å². The standard InChI is InChI=1S/C9H21NO/c1-3-5-9(6-7-10)8-11-4-2/h9H,3-8,10H2,1-2H3. The highest BCUT2D eigenvalue weighted by Gasteiger charge is 2.05. The van der Waals surface area contributed by atoms with Crippen LogP contribution in [-0.2, 0) is 4.74 Å². The molecule has 0 bridgehead atoms. The first-order chi connectivity index (χ1) is 5.35. The molecule has 11 heavy (non-hydrogen) atoms. The Labute approximate surface area is 70.1 Å². The van der Waals surface area contributed by atoms with Gasteiger partial charge in [0.1, 0.15) is 0 Å². The minimum Gasteiger partial charge on any atom is -0.381 e. The molecule has 0 spiro atoms. The third kappa shape index (κ3) is 6.32. The van der Waals surface area contributed by atoms with Crippen molar-refractivity contribution in [3.05, 3.63) is 0 Å². The highest BCUT2D eigenvalue weighted by molar-refractivity contribution is 4.57. The molecule has 0 aromatic carbocycles. The van der Waals surface area contributed by atoms with Crippen molar-refractivity contribution < 1.29 is 4.74 Å². The molecule has 0 saturated heterocycles. The summed E-state index contributed by atoms with van der Waals surface area (Å²) in [6, 6.07) is 0. The van der Waals surface area contributed by atoms with Crippen molar-refractivity contribution in [2.24, 2.45) is 11.7 Å². The molecular formula is C9H21NO. The zero-order chi connectivity index (χ0) is 8.53. The van der Waals surface area contributed by atoms with Gasteiger partial charge in [0.2, 0.25) is 0 Å². The van der Waals surface area contributed by atoms with E-state index in [4.69, 9.17) is 10.5 Å². The first-order valence-corrected chi connectivity index (χ1v) is 4.62. The van der Waals surface area contributed by atoms with Gasteiger partial charge in [-0.15, -0.1) is 0 Å². The monoisotopic (exact) mass is 159 g/mol. The quantitative estimate of drug-likeness (QED) is 0.614. The fraction of sp³-hybridized carbons (Fsp3) is 1.00. The van der Waals surface area contributed by atoms with Gasteiger partial charge in [0, 0.05) is 13.2 Å². The fourth-order valence-corrected chi connectivity index (χ4v) is 1.24. The number of hydrogen-bond acceptors (Lipinski definition) is 2. The maximum atomic E-state index is 5.48. The molecule has 0 heterocycles. The lowest BCUT2D eigenvalue weighted by Crippen LogP contribution is -2.14. The van der Waals surface area contributed by atoms with Crippen molar-refractivity contribution >= 4 is 0 Å². The van der Waals surface area contributed by atoms with Crippen LogP contribution in [0.2, 0.25) is 0 Å². The lowest BCUT2D eigenvalue weighted by Gasteiger charge is -2.13. The van der Waals surface area contributed by atoms with Crippen molar-refractivity contribution in [2.75, 3.05) is 19.8 Å². The van der Waals surface area contributed by atoms with Crippen LogP contribution < -0.4 is 5.73 Å². The fourth-order valence-electron chi connectivity index (χ4n) is 1.24. The Balaban J connectivity index is 3.34. The predicted molar refractivity (Wildman–Crippen MR) is 48.6 cm³/mol. The van der Waals surface area contributed by atoms with Crippen molar-refractivity contribution in [1.29, 1.82) is 0 Å². The molecule has 0 aliphatic rings. The van der Waals surface area contributed by atoms with Gasteiger partial charge in [-0.2, -0.15) is 0 Å². The maximum Gasteiger partial charge on any atom is 0.0494 e. The first-order valence-electron chi connectivity index (χ1n) is 4.62. The van der Waals surface area contributed by atoms with E-state index >= 15 is 0 Å². The van der Waals surface area contributed by atoms with Crippen LogP contribution in [0.1, 0.15) is 33.1 Å². The van der Waals surface area contributed by atoms with E-state index in [2.05, 4.69) is 6.92 Å². The summed E-state index contributed by atoms with van der Waals surface area (Å²) in [5, 5.41) is 0. The van der Waals surface area contributed by atoms with E-state index in [-0.39, 0.29) is 0 Å². The van der Waals surface area contributed by atoms with Crippen LogP contribution in [0.4, 0.5) is 0 Å². The molecule has 68 valence electrons. The van der Waals surface area contributed by atoms with Crippen molar-refractivity contribution in [3.8, 4) is 0 Å². The van der Waals surface area contributed by atoms with Gasteiger partial charge in [-0.25, -0.2) is 0 Å². The molecule has 2 nitrogen and oxygen atoms in total. The number of ether oxygens (including phenoxy) is 1. The summed E-state index contributed by atoms with van der Waals surface area (Å²) in [5.41, 5.74) is 5.48. The van der Waals surface area contributed by atoms with Crippen LogP contribution in [0, 0.1) is 5.92 Å². The topological polar surface area (TPSA) is 35.2 Å². The highest BCUT2D eigenvalue weighted by Crippen LogP contribution is 2.10. The summed E-state index contributed by atoms with van der Waals surface area (Å²) in [4.78, 5) is 0. The van der Waals surface area contributed by atoms with E-state index in [1.807, 2.05) is 6.92 Å². The second-order valence-electron chi connectivity index (χ2n) is 2.89. The summed E-state index contributed by atoms with van der Waals surface area (Å²) in [7, 11) is 0. The van der Waals surface area contributed by atoms with Crippen molar-refractivity contribution in [1.82, 2.24) is 0 Å². The Kier molecular flexibility index (Phi) is 7.96. The average Bonchev–Trinajstić information content (AvgIpc) is 2.01. The molecule has 0 saturated carbocycles. The summed E-state index contributed by atoms with van der Waals surface area (Å²) in [6.07, 6.45) is 3.59. The molecule has 0 fully saturated rings. The van der Waals surface area contributed by atoms with Crippen molar-refractivity contribution in [2.45, 2.75) is 33.1 Å². The Morgan fingerprint density at radius 2 is 2.00 bits per heavy atom. The van der Waals surface area contributed by atoms with Gasteiger partial charge in [-0.1, -0.05) is 13.3 Å². The van der Waals surface area contributed by atoms with Gasteiger partial charge in [0.05, 0.1) is 0 Å². The molecule has 0 aliphatic carbocycles. The Morgan fingerprint density at radius 3 is 2.45 bits per heavy atom. The predicted octanol–water partition coefficient (Wildman–Crippen LogP) is 1.79.